The van der Waals surface area contributed by atoms with Crippen LogP contribution >= 0.6 is 23.4 Å². The quantitative estimate of drug-likeness (QED) is 0.652. The van der Waals surface area contributed by atoms with E-state index in [4.69, 9.17) is 16.3 Å². The zero-order valence-electron chi connectivity index (χ0n) is 16.3. The molecule has 1 N–H and O–H groups in total. The summed E-state index contributed by atoms with van der Waals surface area (Å²) in [7, 11) is -3.70. The van der Waals surface area contributed by atoms with Crippen molar-refractivity contribution in [2.75, 3.05) is 36.5 Å². The summed E-state index contributed by atoms with van der Waals surface area (Å²) in [5.41, 5.74) is 0.852. The Hall–Kier alpha value is -2.07. The number of carbonyl (C=O) groups is 2. The topological polar surface area (TPSA) is 92.8 Å². The Morgan fingerprint density at radius 2 is 1.80 bits per heavy atom. The van der Waals surface area contributed by atoms with Gasteiger partial charge in [-0.05, 0) is 49.4 Å². The fourth-order valence-electron chi connectivity index (χ4n) is 2.88. The van der Waals surface area contributed by atoms with Gasteiger partial charge in [-0.3, -0.25) is 4.79 Å². The van der Waals surface area contributed by atoms with Crippen molar-refractivity contribution in [3.05, 3.63) is 58.6 Å². The number of esters is 1. The molecule has 0 saturated carbocycles. The van der Waals surface area contributed by atoms with Gasteiger partial charge in [-0.1, -0.05) is 11.6 Å². The van der Waals surface area contributed by atoms with E-state index in [9.17, 15) is 18.0 Å². The van der Waals surface area contributed by atoms with Crippen molar-refractivity contribution in [1.82, 2.24) is 4.31 Å². The van der Waals surface area contributed by atoms with Crippen molar-refractivity contribution >= 4 is 50.9 Å². The third-order valence-electron chi connectivity index (χ3n) is 4.44. The monoisotopic (exact) mass is 468 g/mol. The number of hydrogen-bond acceptors (Lipinski definition) is 6. The molecule has 30 heavy (non-hydrogen) atoms. The fraction of sp³-hybridized carbons (Fsp3) is 0.300. The lowest BCUT2D eigenvalue weighted by molar-refractivity contribution is 0.0526. The van der Waals surface area contributed by atoms with Crippen molar-refractivity contribution in [3.63, 3.8) is 0 Å². The summed E-state index contributed by atoms with van der Waals surface area (Å²) < 4.78 is 32.1. The molecule has 1 aliphatic rings. The Labute approximate surface area is 184 Å². The standard InChI is InChI=1S/C20H21ClN2O5S2/c1-2-28-20(25)14-3-5-15(6-4-14)22-19(24)17-13-16(7-8-18(17)21)30(26,27)23-9-11-29-12-10-23/h3-8,13H,2,9-12H2,1H3,(H,22,24). The van der Waals surface area contributed by atoms with Gasteiger partial charge in [-0.25, -0.2) is 13.2 Å². The molecule has 3 rings (SSSR count). The van der Waals surface area contributed by atoms with E-state index in [-0.39, 0.29) is 22.1 Å². The van der Waals surface area contributed by atoms with E-state index in [1.165, 1.54) is 34.6 Å². The van der Waals surface area contributed by atoms with Crippen LogP contribution in [0.15, 0.2) is 47.4 Å². The first kappa shape index (κ1) is 22.6. The Morgan fingerprint density at radius 1 is 1.13 bits per heavy atom. The highest BCUT2D eigenvalue weighted by molar-refractivity contribution is 7.99. The summed E-state index contributed by atoms with van der Waals surface area (Å²) in [6.07, 6.45) is 0. The lowest BCUT2D eigenvalue weighted by Gasteiger charge is -2.25. The number of sulfonamides is 1. The minimum Gasteiger partial charge on any atom is -0.462 e. The Kier molecular flexibility index (Phi) is 7.41. The predicted molar refractivity (Wildman–Crippen MR) is 118 cm³/mol. The second kappa shape index (κ2) is 9.82. The van der Waals surface area contributed by atoms with Crippen LogP contribution in [0.3, 0.4) is 0 Å². The summed E-state index contributed by atoms with van der Waals surface area (Å²) >= 11 is 7.87. The summed E-state index contributed by atoms with van der Waals surface area (Å²) in [5, 5.41) is 2.81. The average molecular weight is 469 g/mol. The molecule has 2 aromatic carbocycles. The van der Waals surface area contributed by atoms with E-state index in [0.717, 1.165) is 11.5 Å². The van der Waals surface area contributed by atoms with E-state index in [1.54, 1.807) is 30.8 Å². The maximum atomic E-state index is 12.9. The zero-order chi connectivity index (χ0) is 21.7. The van der Waals surface area contributed by atoms with Gasteiger partial charge in [0, 0.05) is 30.3 Å². The first-order valence-corrected chi connectivity index (χ1v) is 12.3. The molecule has 160 valence electrons. The van der Waals surface area contributed by atoms with E-state index in [2.05, 4.69) is 5.32 Å². The molecule has 1 saturated heterocycles. The van der Waals surface area contributed by atoms with Crippen LogP contribution in [0.4, 0.5) is 5.69 Å². The first-order valence-electron chi connectivity index (χ1n) is 9.29. The lowest BCUT2D eigenvalue weighted by Crippen LogP contribution is -2.37. The summed E-state index contributed by atoms with van der Waals surface area (Å²) in [4.78, 5) is 24.5. The van der Waals surface area contributed by atoms with E-state index >= 15 is 0 Å². The van der Waals surface area contributed by atoms with Crippen LogP contribution in [-0.4, -0.2) is 55.8 Å². The molecule has 1 amide bonds. The van der Waals surface area contributed by atoms with Crippen LogP contribution < -0.4 is 5.32 Å². The van der Waals surface area contributed by atoms with Crippen molar-refractivity contribution in [2.45, 2.75) is 11.8 Å². The SMILES string of the molecule is CCOC(=O)c1ccc(NC(=O)c2cc(S(=O)(=O)N3CCSCC3)ccc2Cl)cc1. The van der Waals surface area contributed by atoms with Crippen molar-refractivity contribution < 1.29 is 22.7 Å². The highest BCUT2D eigenvalue weighted by Gasteiger charge is 2.27. The molecule has 2 aromatic rings. The maximum Gasteiger partial charge on any atom is 0.338 e. The number of benzene rings is 2. The summed E-state index contributed by atoms with van der Waals surface area (Å²) in [5.74, 6) is 0.478. The van der Waals surface area contributed by atoms with Gasteiger partial charge in [0.05, 0.1) is 27.7 Å². The van der Waals surface area contributed by atoms with Gasteiger partial charge in [0.1, 0.15) is 0 Å². The van der Waals surface area contributed by atoms with Gasteiger partial charge >= 0.3 is 5.97 Å². The summed E-state index contributed by atoms with van der Waals surface area (Å²) in [6.45, 7) is 2.86. The predicted octanol–water partition coefficient (Wildman–Crippen LogP) is 3.51. The molecule has 1 fully saturated rings. The molecule has 0 radical (unpaired) electrons. The number of halogens is 1. The van der Waals surface area contributed by atoms with Crippen molar-refractivity contribution in [1.29, 1.82) is 0 Å². The molecule has 10 heteroatoms. The van der Waals surface area contributed by atoms with Gasteiger partial charge in [0.2, 0.25) is 10.0 Å². The normalized spacial score (nSPS) is 14.9. The highest BCUT2D eigenvalue weighted by Crippen LogP contribution is 2.25. The lowest BCUT2D eigenvalue weighted by atomic mass is 10.2. The number of nitrogens with one attached hydrogen (secondary N) is 1. The minimum absolute atomic E-state index is 0.0293. The Balaban J connectivity index is 1.79. The van der Waals surface area contributed by atoms with Gasteiger partial charge in [-0.15, -0.1) is 0 Å². The molecular weight excluding hydrogens is 448 g/mol. The Morgan fingerprint density at radius 3 is 2.43 bits per heavy atom. The second-order valence-electron chi connectivity index (χ2n) is 6.41. The van der Waals surface area contributed by atoms with Gasteiger partial charge in [0.15, 0.2) is 0 Å². The van der Waals surface area contributed by atoms with E-state index in [0.29, 0.717) is 24.3 Å². The van der Waals surface area contributed by atoms with E-state index in [1.807, 2.05) is 0 Å². The van der Waals surface area contributed by atoms with Crippen LogP contribution in [0.5, 0.6) is 0 Å². The number of carbonyl (C=O) groups excluding carboxylic acids is 2. The maximum absolute atomic E-state index is 12.9. The molecule has 7 nitrogen and oxygen atoms in total. The molecule has 0 aliphatic carbocycles. The minimum atomic E-state index is -3.70. The molecule has 0 bridgehead atoms. The molecular formula is C20H21ClN2O5S2. The number of rotatable bonds is 6. The van der Waals surface area contributed by atoms with Crippen LogP contribution in [0.25, 0.3) is 0 Å². The third-order valence-corrected chi connectivity index (χ3v) is 7.61. The van der Waals surface area contributed by atoms with Crippen molar-refractivity contribution in [2.24, 2.45) is 0 Å². The molecule has 1 aliphatic heterocycles. The van der Waals surface area contributed by atoms with Crippen LogP contribution in [0.1, 0.15) is 27.6 Å². The number of ether oxygens (including phenoxy) is 1. The number of nitrogens with zero attached hydrogens (tertiary/aromatic N) is 1. The van der Waals surface area contributed by atoms with E-state index < -0.39 is 21.9 Å². The highest BCUT2D eigenvalue weighted by atomic mass is 35.5. The number of anilines is 1. The number of thioether (sulfide) groups is 1. The van der Waals surface area contributed by atoms with Crippen LogP contribution in [-0.2, 0) is 14.8 Å². The van der Waals surface area contributed by atoms with Crippen molar-refractivity contribution in [3.8, 4) is 0 Å². The van der Waals surface area contributed by atoms with Gasteiger partial charge < -0.3 is 10.1 Å². The molecule has 1 heterocycles. The van der Waals surface area contributed by atoms with Gasteiger partial charge in [-0.2, -0.15) is 16.1 Å². The number of amides is 1. The third kappa shape index (κ3) is 5.15. The zero-order valence-corrected chi connectivity index (χ0v) is 18.6. The first-order chi connectivity index (χ1) is 14.3. The molecule has 0 aromatic heterocycles. The van der Waals surface area contributed by atoms with Crippen LogP contribution in [0, 0.1) is 0 Å². The number of hydrogen-bond donors (Lipinski definition) is 1. The summed E-state index contributed by atoms with van der Waals surface area (Å²) in [6, 6.07) is 10.3. The molecule has 0 atom stereocenters. The van der Waals surface area contributed by atoms with Crippen LogP contribution in [0.2, 0.25) is 5.02 Å². The smallest absolute Gasteiger partial charge is 0.338 e. The fourth-order valence-corrected chi connectivity index (χ4v) is 5.68. The average Bonchev–Trinajstić information content (AvgIpc) is 2.75. The molecule has 0 spiro atoms. The second-order valence-corrected chi connectivity index (χ2v) is 9.98. The Bertz CT molecular complexity index is 1040. The molecule has 0 unspecified atom stereocenters. The van der Waals surface area contributed by atoms with Gasteiger partial charge in [0.25, 0.3) is 5.91 Å². The largest absolute Gasteiger partial charge is 0.462 e.